The van der Waals surface area contributed by atoms with Crippen LogP contribution in [0.5, 0.6) is 0 Å². The smallest absolute Gasteiger partial charge is 0.391 e. The van der Waals surface area contributed by atoms with E-state index in [9.17, 15) is 18.3 Å². The van der Waals surface area contributed by atoms with Crippen molar-refractivity contribution in [3.8, 4) is 11.4 Å². The number of hydrogen-bond donors (Lipinski definition) is 1. The number of hydrogen-bond acceptors (Lipinski definition) is 4. The molecule has 0 fully saturated rings. The lowest BCUT2D eigenvalue weighted by Gasteiger charge is -2.09. The zero-order valence-electron chi connectivity index (χ0n) is 14.7. The summed E-state index contributed by atoms with van der Waals surface area (Å²) in [7, 11) is 0. The zero-order chi connectivity index (χ0) is 19.4. The van der Waals surface area contributed by atoms with E-state index < -0.39 is 17.8 Å². The van der Waals surface area contributed by atoms with Crippen LogP contribution in [0.15, 0.2) is 48.5 Å². The van der Waals surface area contributed by atoms with Crippen LogP contribution in [-0.2, 0) is 19.1 Å². The Labute approximate surface area is 154 Å². The van der Waals surface area contributed by atoms with Gasteiger partial charge in [0, 0.05) is 5.56 Å². The first-order valence-corrected chi connectivity index (χ1v) is 8.57. The third kappa shape index (κ3) is 4.71. The summed E-state index contributed by atoms with van der Waals surface area (Å²) in [4.78, 5) is 1.35. The van der Waals surface area contributed by atoms with E-state index in [0.717, 1.165) is 28.8 Å². The van der Waals surface area contributed by atoms with Crippen molar-refractivity contribution >= 4 is 0 Å². The molecule has 0 aliphatic carbocycles. The number of benzene rings is 2. The number of alkyl halides is 3. The molecular weight excluding hydrogens is 357 g/mol. The van der Waals surface area contributed by atoms with Crippen molar-refractivity contribution in [3.05, 3.63) is 65.2 Å². The standard InChI is InChI=1S/C19H19F3N4O/c1-2-16(27)12-26-24-18(23-25-26)17-6-4-3-5-14(17)11-13-7-9-15(10-8-13)19(20,21)22/h3-10,16,27H,2,11-12H2,1H3. The maximum absolute atomic E-state index is 12.7. The summed E-state index contributed by atoms with van der Waals surface area (Å²) in [5.74, 6) is 0.417. The van der Waals surface area contributed by atoms with Gasteiger partial charge >= 0.3 is 6.18 Å². The molecule has 27 heavy (non-hydrogen) atoms. The number of aliphatic hydroxyl groups is 1. The van der Waals surface area contributed by atoms with Gasteiger partial charge in [0.05, 0.1) is 18.2 Å². The van der Waals surface area contributed by atoms with Gasteiger partial charge in [-0.1, -0.05) is 43.3 Å². The molecule has 1 heterocycles. The lowest BCUT2D eigenvalue weighted by Crippen LogP contribution is -2.16. The van der Waals surface area contributed by atoms with Crippen molar-refractivity contribution in [2.45, 2.75) is 38.6 Å². The molecule has 1 N–H and O–H groups in total. The number of tetrazole rings is 1. The number of halogens is 3. The molecule has 0 saturated carbocycles. The molecule has 0 radical (unpaired) electrons. The van der Waals surface area contributed by atoms with Gasteiger partial charge in [-0.3, -0.25) is 0 Å². The molecule has 2 aromatic carbocycles. The summed E-state index contributed by atoms with van der Waals surface area (Å²) in [6, 6.07) is 12.5. The molecular formula is C19H19F3N4O. The number of aliphatic hydroxyl groups excluding tert-OH is 1. The Balaban J connectivity index is 1.82. The highest BCUT2D eigenvalue weighted by atomic mass is 19.4. The highest BCUT2D eigenvalue weighted by molar-refractivity contribution is 5.60. The van der Waals surface area contributed by atoms with Crippen molar-refractivity contribution in [1.82, 2.24) is 20.2 Å². The Bertz CT molecular complexity index is 890. The van der Waals surface area contributed by atoms with E-state index >= 15 is 0 Å². The van der Waals surface area contributed by atoms with Crippen molar-refractivity contribution in [2.75, 3.05) is 0 Å². The van der Waals surface area contributed by atoms with E-state index in [1.807, 2.05) is 31.2 Å². The SMILES string of the molecule is CCC(O)Cn1nnc(-c2ccccc2Cc2ccc(C(F)(F)F)cc2)n1. The molecule has 8 heteroatoms. The van der Waals surface area contributed by atoms with Gasteiger partial charge in [-0.05, 0) is 41.3 Å². The minimum Gasteiger partial charge on any atom is -0.391 e. The second kappa shape index (κ2) is 7.87. The fourth-order valence-corrected chi connectivity index (χ4v) is 2.67. The molecule has 5 nitrogen and oxygen atoms in total. The minimum atomic E-state index is -4.35. The fourth-order valence-electron chi connectivity index (χ4n) is 2.67. The maximum atomic E-state index is 12.7. The van der Waals surface area contributed by atoms with Crippen LogP contribution in [0, 0.1) is 0 Å². The van der Waals surface area contributed by atoms with Crippen LogP contribution < -0.4 is 0 Å². The quantitative estimate of drug-likeness (QED) is 0.712. The van der Waals surface area contributed by atoms with Gasteiger partial charge in [-0.25, -0.2) is 0 Å². The molecule has 1 aromatic heterocycles. The highest BCUT2D eigenvalue weighted by Gasteiger charge is 2.29. The predicted octanol–water partition coefficient (Wildman–Crippen LogP) is 3.72. The summed E-state index contributed by atoms with van der Waals surface area (Å²) in [6.07, 6.45) is -3.86. The molecule has 0 saturated heterocycles. The topological polar surface area (TPSA) is 63.8 Å². The molecule has 3 rings (SSSR count). The second-order valence-electron chi connectivity index (χ2n) is 6.26. The molecule has 0 bridgehead atoms. The molecule has 0 aliphatic rings. The van der Waals surface area contributed by atoms with Gasteiger partial charge in [0.25, 0.3) is 0 Å². The highest BCUT2D eigenvalue weighted by Crippen LogP contribution is 2.30. The molecule has 142 valence electrons. The van der Waals surface area contributed by atoms with E-state index in [2.05, 4.69) is 15.4 Å². The Hall–Kier alpha value is -2.74. The maximum Gasteiger partial charge on any atom is 0.416 e. The zero-order valence-corrected chi connectivity index (χ0v) is 14.7. The van der Waals surface area contributed by atoms with Gasteiger partial charge in [0.2, 0.25) is 5.82 Å². The first-order chi connectivity index (χ1) is 12.9. The lowest BCUT2D eigenvalue weighted by molar-refractivity contribution is -0.137. The van der Waals surface area contributed by atoms with Gasteiger partial charge < -0.3 is 5.11 Å². The van der Waals surface area contributed by atoms with Crippen LogP contribution in [0.3, 0.4) is 0 Å². The third-order valence-corrected chi connectivity index (χ3v) is 4.23. The normalized spacial score (nSPS) is 12.9. The molecule has 0 amide bonds. The van der Waals surface area contributed by atoms with E-state index in [4.69, 9.17) is 0 Å². The van der Waals surface area contributed by atoms with E-state index in [1.165, 1.54) is 16.9 Å². The monoisotopic (exact) mass is 376 g/mol. The summed E-state index contributed by atoms with van der Waals surface area (Å²) < 4.78 is 38.1. The Morgan fingerprint density at radius 2 is 1.78 bits per heavy atom. The van der Waals surface area contributed by atoms with Crippen LogP contribution in [0.4, 0.5) is 13.2 Å². The first-order valence-electron chi connectivity index (χ1n) is 8.57. The van der Waals surface area contributed by atoms with Crippen molar-refractivity contribution in [2.24, 2.45) is 0 Å². The molecule has 0 spiro atoms. The van der Waals surface area contributed by atoms with Crippen molar-refractivity contribution < 1.29 is 18.3 Å². The predicted molar refractivity (Wildman–Crippen MR) is 93.8 cm³/mol. The Kier molecular flexibility index (Phi) is 5.55. The van der Waals surface area contributed by atoms with E-state index in [-0.39, 0.29) is 6.54 Å². The Morgan fingerprint density at radius 1 is 1.07 bits per heavy atom. The van der Waals surface area contributed by atoms with Crippen molar-refractivity contribution in [1.29, 1.82) is 0 Å². The molecule has 1 atom stereocenters. The van der Waals surface area contributed by atoms with Gasteiger partial charge in [0.15, 0.2) is 0 Å². The minimum absolute atomic E-state index is 0.255. The largest absolute Gasteiger partial charge is 0.416 e. The molecule has 1 unspecified atom stereocenters. The summed E-state index contributed by atoms with van der Waals surface area (Å²) >= 11 is 0. The van der Waals surface area contributed by atoms with E-state index in [0.29, 0.717) is 18.7 Å². The van der Waals surface area contributed by atoms with Crippen LogP contribution in [0.1, 0.15) is 30.0 Å². The lowest BCUT2D eigenvalue weighted by atomic mass is 9.98. The average molecular weight is 376 g/mol. The second-order valence-corrected chi connectivity index (χ2v) is 6.26. The third-order valence-electron chi connectivity index (χ3n) is 4.23. The van der Waals surface area contributed by atoms with Crippen LogP contribution >= 0.6 is 0 Å². The summed E-state index contributed by atoms with van der Waals surface area (Å²) in [6.45, 7) is 2.12. The van der Waals surface area contributed by atoms with Crippen LogP contribution in [0.25, 0.3) is 11.4 Å². The Morgan fingerprint density at radius 3 is 2.44 bits per heavy atom. The number of nitrogens with zero attached hydrogens (tertiary/aromatic N) is 4. The van der Waals surface area contributed by atoms with Crippen molar-refractivity contribution in [3.63, 3.8) is 0 Å². The summed E-state index contributed by atoms with van der Waals surface area (Å²) in [5, 5.41) is 22.0. The number of aromatic nitrogens is 4. The fraction of sp³-hybridized carbons (Fsp3) is 0.316. The van der Waals surface area contributed by atoms with Gasteiger partial charge in [-0.15, -0.1) is 10.2 Å². The van der Waals surface area contributed by atoms with Crippen LogP contribution in [-0.4, -0.2) is 31.4 Å². The van der Waals surface area contributed by atoms with Crippen LogP contribution in [0.2, 0.25) is 0 Å². The molecule has 0 aliphatic heterocycles. The van der Waals surface area contributed by atoms with Gasteiger partial charge in [0.1, 0.15) is 0 Å². The van der Waals surface area contributed by atoms with Gasteiger partial charge in [-0.2, -0.15) is 18.0 Å². The van der Waals surface area contributed by atoms with E-state index in [1.54, 1.807) is 0 Å². The summed E-state index contributed by atoms with van der Waals surface area (Å²) in [5.41, 5.74) is 1.73. The average Bonchev–Trinajstić information content (AvgIpc) is 3.10. The first kappa shape index (κ1) is 19.0. The molecule has 3 aromatic rings. The number of rotatable bonds is 6.